The summed E-state index contributed by atoms with van der Waals surface area (Å²) in [4.78, 5) is 20.5. The molecule has 2 N–H and O–H groups in total. The summed E-state index contributed by atoms with van der Waals surface area (Å²) >= 11 is 0. The van der Waals surface area contributed by atoms with E-state index in [-0.39, 0.29) is 11.9 Å². The number of nitrogens with one attached hydrogen (secondary N) is 2. The Kier molecular flexibility index (Phi) is 5.38. The highest BCUT2D eigenvalue weighted by atomic mass is 19.1. The second-order valence-corrected chi connectivity index (χ2v) is 6.47. The molecule has 1 unspecified atom stereocenters. The number of aromatic nitrogens is 6. The first-order chi connectivity index (χ1) is 14.7. The summed E-state index contributed by atoms with van der Waals surface area (Å²) in [6.07, 6.45) is 4.98. The zero-order valence-electron chi connectivity index (χ0n) is 17.0. The Morgan fingerprint density at radius 3 is 2.77 bits per heavy atom. The molecule has 8 heteroatoms. The average molecular weight is 403 g/mol. The molecule has 0 aliphatic rings. The Balaban J connectivity index is 0.00000106. The van der Waals surface area contributed by atoms with Crippen molar-refractivity contribution < 1.29 is 4.39 Å². The number of hydrogen-bond donors (Lipinski definition) is 2. The Morgan fingerprint density at radius 1 is 1.07 bits per heavy atom. The molecule has 1 atom stereocenters. The Bertz CT molecular complexity index is 1290. The van der Waals surface area contributed by atoms with Gasteiger partial charge in [-0.3, -0.25) is 4.40 Å². The molecule has 0 amide bonds. The Morgan fingerprint density at radius 2 is 1.93 bits per heavy atom. The van der Waals surface area contributed by atoms with Gasteiger partial charge in [0.2, 0.25) is 0 Å². The molecule has 0 spiro atoms. The van der Waals surface area contributed by atoms with E-state index in [1.165, 1.54) is 18.5 Å². The monoisotopic (exact) mass is 403 g/mol. The second-order valence-electron chi connectivity index (χ2n) is 6.47. The molecule has 0 bridgehead atoms. The smallest absolute Gasteiger partial charge is 0.182 e. The largest absolute Gasteiger partial charge is 0.360 e. The molecule has 0 saturated heterocycles. The minimum Gasteiger partial charge on any atom is -0.360 e. The average Bonchev–Trinajstić information content (AvgIpc) is 3.40. The fourth-order valence-electron chi connectivity index (χ4n) is 3.39. The van der Waals surface area contributed by atoms with Crippen molar-refractivity contribution in [1.29, 1.82) is 0 Å². The summed E-state index contributed by atoms with van der Waals surface area (Å²) in [5, 5.41) is 3.38. The maximum absolute atomic E-state index is 13.9. The molecule has 4 aromatic heterocycles. The molecule has 152 valence electrons. The molecule has 0 aliphatic heterocycles. The molecule has 5 aromatic rings. The van der Waals surface area contributed by atoms with Crippen LogP contribution < -0.4 is 5.32 Å². The SMILES string of the molecule is CC.CC(Nc1ncnc2nc[nH]c12)c1nc2ccccn2c1-c1cccc(F)c1. The van der Waals surface area contributed by atoms with E-state index in [2.05, 4.69) is 25.3 Å². The molecule has 1 aromatic carbocycles. The number of halogens is 1. The summed E-state index contributed by atoms with van der Waals surface area (Å²) < 4.78 is 15.9. The number of fused-ring (bicyclic) bond motifs is 2. The molecule has 5 rings (SSSR count). The first-order valence-electron chi connectivity index (χ1n) is 9.84. The van der Waals surface area contributed by atoms with Crippen LogP contribution in [0.3, 0.4) is 0 Å². The number of anilines is 1. The number of imidazole rings is 2. The lowest BCUT2D eigenvalue weighted by molar-refractivity contribution is 0.628. The number of nitrogens with zero attached hydrogens (tertiary/aromatic N) is 5. The highest BCUT2D eigenvalue weighted by Crippen LogP contribution is 2.31. The molecule has 7 nitrogen and oxygen atoms in total. The van der Waals surface area contributed by atoms with Crippen molar-refractivity contribution >= 4 is 22.6 Å². The third-order valence-electron chi connectivity index (χ3n) is 4.64. The quantitative estimate of drug-likeness (QED) is 0.441. The van der Waals surface area contributed by atoms with Gasteiger partial charge in [0.15, 0.2) is 11.5 Å². The van der Waals surface area contributed by atoms with Crippen LogP contribution >= 0.6 is 0 Å². The molecular formula is C22H22FN7. The van der Waals surface area contributed by atoms with Gasteiger partial charge in [0.1, 0.15) is 23.3 Å². The predicted octanol–water partition coefficient (Wildman–Crippen LogP) is 5.01. The maximum Gasteiger partial charge on any atom is 0.182 e. The van der Waals surface area contributed by atoms with E-state index in [4.69, 9.17) is 4.98 Å². The van der Waals surface area contributed by atoms with Gasteiger partial charge in [-0.05, 0) is 31.2 Å². The van der Waals surface area contributed by atoms with E-state index in [1.807, 2.05) is 55.6 Å². The molecule has 30 heavy (non-hydrogen) atoms. The van der Waals surface area contributed by atoms with Crippen LogP contribution in [0.15, 0.2) is 61.3 Å². The minimum absolute atomic E-state index is 0.195. The van der Waals surface area contributed by atoms with Crippen LogP contribution in [0.2, 0.25) is 0 Å². The third kappa shape index (κ3) is 3.47. The van der Waals surface area contributed by atoms with Crippen molar-refractivity contribution in [3.8, 4) is 11.3 Å². The summed E-state index contributed by atoms with van der Waals surface area (Å²) in [6, 6.07) is 12.1. The van der Waals surface area contributed by atoms with Crippen LogP contribution in [0, 0.1) is 5.82 Å². The van der Waals surface area contributed by atoms with E-state index >= 15 is 0 Å². The van der Waals surface area contributed by atoms with E-state index in [1.54, 1.807) is 12.4 Å². The second kappa shape index (κ2) is 8.28. The van der Waals surface area contributed by atoms with Crippen LogP contribution in [-0.2, 0) is 0 Å². The highest BCUT2D eigenvalue weighted by molar-refractivity contribution is 5.82. The van der Waals surface area contributed by atoms with Crippen LogP contribution in [0.5, 0.6) is 0 Å². The van der Waals surface area contributed by atoms with E-state index in [0.717, 1.165) is 28.1 Å². The zero-order chi connectivity index (χ0) is 21.1. The topological polar surface area (TPSA) is 83.8 Å². The van der Waals surface area contributed by atoms with Crippen LogP contribution in [0.4, 0.5) is 10.2 Å². The van der Waals surface area contributed by atoms with Gasteiger partial charge < -0.3 is 10.3 Å². The van der Waals surface area contributed by atoms with Crippen molar-refractivity contribution in [1.82, 2.24) is 29.3 Å². The lowest BCUT2D eigenvalue weighted by atomic mass is 10.1. The van der Waals surface area contributed by atoms with Crippen molar-refractivity contribution in [2.45, 2.75) is 26.8 Å². The molecule has 0 fully saturated rings. The van der Waals surface area contributed by atoms with Gasteiger partial charge in [-0.2, -0.15) is 0 Å². The number of pyridine rings is 1. The first kappa shape index (κ1) is 19.5. The van der Waals surface area contributed by atoms with Gasteiger partial charge in [-0.1, -0.05) is 32.0 Å². The van der Waals surface area contributed by atoms with Crippen molar-refractivity contribution in [3.05, 3.63) is 72.8 Å². The number of benzene rings is 1. The Hall–Kier alpha value is -3.81. The van der Waals surface area contributed by atoms with Gasteiger partial charge in [0.25, 0.3) is 0 Å². The molecule has 0 aliphatic carbocycles. The Labute approximate surface area is 173 Å². The van der Waals surface area contributed by atoms with Gasteiger partial charge in [-0.25, -0.2) is 24.3 Å². The maximum atomic E-state index is 13.9. The minimum atomic E-state index is -0.287. The van der Waals surface area contributed by atoms with Crippen molar-refractivity contribution in [2.75, 3.05) is 5.32 Å². The summed E-state index contributed by atoms with van der Waals surface area (Å²) in [5.41, 5.74) is 4.50. The molecule has 0 radical (unpaired) electrons. The number of rotatable bonds is 4. The van der Waals surface area contributed by atoms with Crippen LogP contribution in [-0.4, -0.2) is 29.3 Å². The fourth-order valence-corrected chi connectivity index (χ4v) is 3.39. The lowest BCUT2D eigenvalue weighted by Crippen LogP contribution is -2.10. The summed E-state index contributed by atoms with van der Waals surface area (Å²) in [7, 11) is 0. The molecule has 0 saturated carbocycles. The van der Waals surface area contributed by atoms with Crippen LogP contribution in [0.1, 0.15) is 32.5 Å². The van der Waals surface area contributed by atoms with Gasteiger partial charge >= 0.3 is 0 Å². The zero-order valence-corrected chi connectivity index (χ0v) is 17.0. The molecule has 4 heterocycles. The number of aromatic amines is 1. The normalized spacial score (nSPS) is 11.9. The number of hydrogen-bond acceptors (Lipinski definition) is 5. The predicted molar refractivity (Wildman–Crippen MR) is 116 cm³/mol. The number of H-pyrrole nitrogens is 1. The van der Waals surface area contributed by atoms with Gasteiger partial charge in [-0.15, -0.1) is 0 Å². The van der Waals surface area contributed by atoms with Crippen LogP contribution in [0.25, 0.3) is 28.1 Å². The van der Waals surface area contributed by atoms with E-state index in [9.17, 15) is 4.39 Å². The summed E-state index contributed by atoms with van der Waals surface area (Å²) in [6.45, 7) is 5.99. The van der Waals surface area contributed by atoms with Gasteiger partial charge in [0, 0.05) is 11.8 Å². The lowest BCUT2D eigenvalue weighted by Gasteiger charge is -2.15. The summed E-state index contributed by atoms with van der Waals surface area (Å²) in [5.74, 6) is 0.349. The first-order valence-corrected chi connectivity index (χ1v) is 9.84. The third-order valence-corrected chi connectivity index (χ3v) is 4.64. The fraction of sp³-hybridized carbons (Fsp3) is 0.182. The highest BCUT2D eigenvalue weighted by Gasteiger charge is 2.21. The van der Waals surface area contributed by atoms with E-state index in [0.29, 0.717) is 11.5 Å². The van der Waals surface area contributed by atoms with Crippen molar-refractivity contribution in [2.24, 2.45) is 0 Å². The van der Waals surface area contributed by atoms with Crippen molar-refractivity contribution in [3.63, 3.8) is 0 Å². The standard InChI is InChI=1S/C20H16FN7.C2H6/c1-12(26-20-17-19(23-10-22-17)24-11-25-20)16-18(13-5-4-6-14(21)9-13)28-8-3-2-7-15(28)27-16;1-2/h2-12H,1H3,(H2,22,23,24,25,26);1-2H3. The molecular weight excluding hydrogens is 381 g/mol. The van der Waals surface area contributed by atoms with E-state index < -0.39 is 0 Å². The van der Waals surface area contributed by atoms with Gasteiger partial charge in [0.05, 0.1) is 23.8 Å².